The van der Waals surface area contributed by atoms with Crippen molar-refractivity contribution in [2.45, 2.75) is 37.2 Å². The summed E-state index contributed by atoms with van der Waals surface area (Å²) in [5.41, 5.74) is 0.512. The maximum absolute atomic E-state index is 9.24. The zero-order valence-electron chi connectivity index (χ0n) is 7.96. The Bertz CT molecular complexity index is 98.7. The van der Waals surface area contributed by atoms with Crippen LogP contribution in [0.5, 0.6) is 0 Å². The van der Waals surface area contributed by atoms with E-state index in [-0.39, 0.29) is 10.9 Å². The van der Waals surface area contributed by atoms with E-state index in [9.17, 15) is 10.2 Å². The van der Waals surface area contributed by atoms with Crippen LogP contribution in [0.4, 0.5) is 0 Å². The predicted octanol–water partition coefficient (Wildman–Crippen LogP) is 1.32. The van der Waals surface area contributed by atoms with Crippen LogP contribution in [-0.2, 0) is 0 Å². The van der Waals surface area contributed by atoms with Crippen LogP contribution < -0.4 is 0 Å². The normalized spacial score (nSPS) is 13.1. The summed E-state index contributed by atoms with van der Waals surface area (Å²) in [4.78, 5) is 0. The minimum absolute atomic E-state index is 0.256. The van der Waals surface area contributed by atoms with Gasteiger partial charge in [-0.05, 0) is 0 Å². The standard InChI is InChI=1S/C8H20GeO2/c1-7(2)9(5-10,6-11)8(3)4/h7-8,10-11H,5-6H2,1-4H3. The molecule has 0 aliphatic heterocycles. The van der Waals surface area contributed by atoms with Gasteiger partial charge in [0.15, 0.2) is 0 Å². The molecule has 0 saturated heterocycles. The third-order valence-corrected chi connectivity index (χ3v) is 15.0. The van der Waals surface area contributed by atoms with Gasteiger partial charge in [-0.3, -0.25) is 0 Å². The average Bonchev–Trinajstić information content (AvgIpc) is 1.90. The van der Waals surface area contributed by atoms with Gasteiger partial charge in [-0.2, -0.15) is 0 Å². The second-order valence-electron chi connectivity index (χ2n) is 3.86. The van der Waals surface area contributed by atoms with Crippen molar-refractivity contribution in [1.29, 1.82) is 0 Å². The van der Waals surface area contributed by atoms with E-state index in [0.717, 1.165) is 0 Å². The zero-order chi connectivity index (χ0) is 9.07. The van der Waals surface area contributed by atoms with Crippen molar-refractivity contribution in [3.05, 3.63) is 0 Å². The van der Waals surface area contributed by atoms with E-state index in [4.69, 9.17) is 0 Å². The van der Waals surface area contributed by atoms with Crippen LogP contribution >= 0.6 is 0 Å². The van der Waals surface area contributed by atoms with Crippen molar-refractivity contribution in [3.63, 3.8) is 0 Å². The van der Waals surface area contributed by atoms with Crippen LogP contribution in [0.1, 0.15) is 27.7 Å². The van der Waals surface area contributed by atoms with Gasteiger partial charge in [0.2, 0.25) is 0 Å². The molecule has 0 spiro atoms. The zero-order valence-corrected chi connectivity index (χ0v) is 10.1. The molecule has 0 fully saturated rings. The molecule has 0 aromatic heterocycles. The van der Waals surface area contributed by atoms with Crippen LogP contribution in [-0.4, -0.2) is 34.4 Å². The summed E-state index contributed by atoms with van der Waals surface area (Å²) in [6, 6.07) is 0. The summed E-state index contributed by atoms with van der Waals surface area (Å²) in [7, 11) is 0. The first-order valence-electron chi connectivity index (χ1n) is 4.23. The molecular weight excluding hydrogens is 201 g/mol. The van der Waals surface area contributed by atoms with Gasteiger partial charge in [0.25, 0.3) is 0 Å². The van der Waals surface area contributed by atoms with E-state index in [1.165, 1.54) is 0 Å². The molecule has 0 amide bonds. The summed E-state index contributed by atoms with van der Waals surface area (Å²) in [6.45, 7) is 8.47. The van der Waals surface area contributed by atoms with Crippen molar-refractivity contribution in [3.8, 4) is 0 Å². The molecule has 0 bridgehead atoms. The molecule has 68 valence electrons. The molecule has 0 radical (unpaired) electrons. The molecule has 0 rings (SSSR count). The second kappa shape index (κ2) is 4.48. The fraction of sp³-hybridized carbons (Fsp3) is 1.00. The van der Waals surface area contributed by atoms with Gasteiger partial charge in [0.1, 0.15) is 0 Å². The molecule has 0 aromatic rings. The Morgan fingerprint density at radius 3 is 1.18 bits per heavy atom. The van der Waals surface area contributed by atoms with Crippen molar-refractivity contribution >= 4 is 13.3 Å². The SMILES string of the molecule is C[CH](C)[Ge]([CH2]O)([CH2]O)[CH](C)C. The minimum atomic E-state index is -2.31. The summed E-state index contributed by atoms with van der Waals surface area (Å²) in [6.07, 6.45) is 0. The van der Waals surface area contributed by atoms with Crippen LogP contribution in [0.2, 0.25) is 9.50 Å². The molecular formula is C8H20GeO2. The van der Waals surface area contributed by atoms with E-state index < -0.39 is 13.3 Å². The van der Waals surface area contributed by atoms with Gasteiger partial charge in [0, 0.05) is 0 Å². The van der Waals surface area contributed by atoms with E-state index in [2.05, 4.69) is 27.7 Å². The molecule has 2 nitrogen and oxygen atoms in total. The van der Waals surface area contributed by atoms with Gasteiger partial charge < -0.3 is 0 Å². The number of rotatable bonds is 4. The molecule has 0 heterocycles. The predicted molar refractivity (Wildman–Crippen MR) is 50.1 cm³/mol. The quantitative estimate of drug-likeness (QED) is 0.702. The van der Waals surface area contributed by atoms with Crippen LogP contribution in [0, 0.1) is 0 Å². The Hall–Kier alpha value is 0.463. The van der Waals surface area contributed by atoms with Gasteiger partial charge in [-0.25, -0.2) is 0 Å². The third-order valence-electron chi connectivity index (χ3n) is 2.89. The second-order valence-corrected chi connectivity index (χ2v) is 15.2. The van der Waals surface area contributed by atoms with Crippen LogP contribution in [0.3, 0.4) is 0 Å². The van der Waals surface area contributed by atoms with Gasteiger partial charge in [-0.1, -0.05) is 0 Å². The molecule has 2 N–H and O–H groups in total. The fourth-order valence-corrected chi connectivity index (χ4v) is 7.52. The van der Waals surface area contributed by atoms with Gasteiger partial charge in [0.05, 0.1) is 0 Å². The average molecular weight is 221 g/mol. The molecule has 0 aliphatic carbocycles. The van der Waals surface area contributed by atoms with Crippen molar-refractivity contribution < 1.29 is 10.2 Å². The van der Waals surface area contributed by atoms with Crippen molar-refractivity contribution in [2.75, 3.05) is 10.9 Å². The van der Waals surface area contributed by atoms with Gasteiger partial charge in [-0.15, -0.1) is 0 Å². The summed E-state index contributed by atoms with van der Waals surface area (Å²) in [5.74, 6) is 0. The topological polar surface area (TPSA) is 40.5 Å². The summed E-state index contributed by atoms with van der Waals surface area (Å²) in [5, 5.41) is 18.5. The van der Waals surface area contributed by atoms with Crippen molar-refractivity contribution in [1.82, 2.24) is 0 Å². The number of hydrogen-bond acceptors (Lipinski definition) is 2. The summed E-state index contributed by atoms with van der Waals surface area (Å²) < 4.78 is 1.01. The first kappa shape index (κ1) is 11.5. The molecule has 0 atom stereocenters. The van der Waals surface area contributed by atoms with E-state index in [1.54, 1.807) is 0 Å². The Morgan fingerprint density at radius 2 is 1.18 bits per heavy atom. The van der Waals surface area contributed by atoms with Crippen LogP contribution in [0.25, 0.3) is 0 Å². The monoisotopic (exact) mass is 222 g/mol. The van der Waals surface area contributed by atoms with Crippen LogP contribution in [0.15, 0.2) is 0 Å². The molecule has 0 aromatic carbocycles. The Labute approximate surface area is 72.0 Å². The molecule has 3 heteroatoms. The fourth-order valence-electron chi connectivity index (χ4n) is 1.45. The van der Waals surface area contributed by atoms with E-state index >= 15 is 0 Å². The Balaban J connectivity index is 4.46. The Morgan fingerprint density at radius 1 is 0.909 bits per heavy atom. The van der Waals surface area contributed by atoms with Crippen molar-refractivity contribution in [2.24, 2.45) is 0 Å². The maximum atomic E-state index is 9.24. The molecule has 0 saturated carbocycles. The van der Waals surface area contributed by atoms with E-state index in [0.29, 0.717) is 9.50 Å². The summed E-state index contributed by atoms with van der Waals surface area (Å²) >= 11 is -2.31. The third kappa shape index (κ3) is 2.20. The molecule has 0 unspecified atom stereocenters. The first-order valence-corrected chi connectivity index (χ1v) is 9.62. The molecule has 0 aliphatic rings. The first-order chi connectivity index (χ1) is 5.01. The van der Waals surface area contributed by atoms with Gasteiger partial charge >= 0.3 is 71.6 Å². The number of aliphatic hydroxyl groups excluding tert-OH is 2. The number of aliphatic hydroxyl groups is 2. The Kier molecular flexibility index (Phi) is 4.67. The number of hydrogen-bond donors (Lipinski definition) is 2. The molecule has 11 heavy (non-hydrogen) atoms. The van der Waals surface area contributed by atoms with E-state index in [1.807, 2.05) is 0 Å².